The molecule has 0 aliphatic carbocycles. The van der Waals surface area contributed by atoms with E-state index in [4.69, 9.17) is 9.47 Å². The van der Waals surface area contributed by atoms with Crippen LogP contribution in [0.2, 0.25) is 0 Å². The molecule has 2 rings (SSSR count). The van der Waals surface area contributed by atoms with Gasteiger partial charge >= 0.3 is 11.9 Å². The molecule has 1 aromatic rings. The van der Waals surface area contributed by atoms with E-state index in [0.29, 0.717) is 11.3 Å². The number of allylic oxidation sites excluding steroid dienone is 2. The Hall–Kier alpha value is -2.10. The van der Waals surface area contributed by atoms with Gasteiger partial charge in [-0.05, 0) is 25.8 Å². The second-order valence-corrected chi connectivity index (χ2v) is 4.51. The summed E-state index contributed by atoms with van der Waals surface area (Å²) in [7, 11) is 1.28. The average Bonchev–Trinajstić information content (AvgIpc) is 2.70. The van der Waals surface area contributed by atoms with Crippen LogP contribution in [0, 0.1) is 6.92 Å². The Morgan fingerprint density at radius 3 is 2.84 bits per heavy atom. The maximum atomic E-state index is 12.3. The topological polar surface area (TPSA) is 52.6 Å². The van der Waals surface area contributed by atoms with Crippen LogP contribution in [0.25, 0.3) is 0 Å². The molecule has 0 saturated carbocycles. The molecule has 1 heterocycles. The standard InChI is InChI=1S/C15H16O4/c1-4-5-9-15(13(16)18-3)11-8-6-7-10(2)12(11)19-14(15)17/h4-8H,9H2,1-3H3/b5-4-. The number of esters is 2. The predicted octanol–water partition coefficient (Wildman–Crippen LogP) is 2.29. The summed E-state index contributed by atoms with van der Waals surface area (Å²) in [5.41, 5.74) is 0.0438. The number of carbonyl (C=O) groups excluding carboxylic acids is 2. The number of carbonyl (C=O) groups is 2. The molecule has 0 aromatic heterocycles. The van der Waals surface area contributed by atoms with Gasteiger partial charge in [0.15, 0.2) is 5.41 Å². The van der Waals surface area contributed by atoms with E-state index in [1.54, 1.807) is 18.2 Å². The van der Waals surface area contributed by atoms with Crippen molar-refractivity contribution in [1.29, 1.82) is 0 Å². The Morgan fingerprint density at radius 2 is 2.21 bits per heavy atom. The van der Waals surface area contributed by atoms with Crippen molar-refractivity contribution in [3.8, 4) is 5.75 Å². The first kappa shape index (κ1) is 13.3. The molecule has 1 aromatic carbocycles. The highest BCUT2D eigenvalue weighted by Crippen LogP contribution is 2.44. The van der Waals surface area contributed by atoms with Gasteiger partial charge in [-0.15, -0.1) is 0 Å². The molecule has 4 nitrogen and oxygen atoms in total. The van der Waals surface area contributed by atoms with Crippen molar-refractivity contribution in [2.45, 2.75) is 25.7 Å². The van der Waals surface area contributed by atoms with Gasteiger partial charge in [-0.1, -0.05) is 30.4 Å². The lowest BCUT2D eigenvalue weighted by atomic mass is 9.78. The molecule has 0 saturated heterocycles. The smallest absolute Gasteiger partial charge is 0.333 e. The Balaban J connectivity index is 2.65. The van der Waals surface area contributed by atoms with Gasteiger partial charge < -0.3 is 9.47 Å². The van der Waals surface area contributed by atoms with E-state index >= 15 is 0 Å². The minimum atomic E-state index is -1.37. The van der Waals surface area contributed by atoms with Gasteiger partial charge in [0.2, 0.25) is 0 Å². The van der Waals surface area contributed by atoms with E-state index in [1.807, 2.05) is 26.0 Å². The zero-order chi connectivity index (χ0) is 14.0. The highest BCUT2D eigenvalue weighted by Gasteiger charge is 2.55. The van der Waals surface area contributed by atoms with Crippen LogP contribution in [0.3, 0.4) is 0 Å². The van der Waals surface area contributed by atoms with Crippen LogP contribution < -0.4 is 4.74 Å². The Kier molecular flexibility index (Phi) is 3.42. The molecule has 0 fully saturated rings. The number of rotatable bonds is 3. The lowest BCUT2D eigenvalue weighted by molar-refractivity contribution is -0.156. The molecule has 100 valence electrons. The van der Waals surface area contributed by atoms with Crippen molar-refractivity contribution in [3.05, 3.63) is 41.5 Å². The van der Waals surface area contributed by atoms with E-state index < -0.39 is 17.4 Å². The third kappa shape index (κ3) is 1.84. The third-order valence-electron chi connectivity index (χ3n) is 3.41. The van der Waals surface area contributed by atoms with E-state index in [-0.39, 0.29) is 6.42 Å². The molecule has 19 heavy (non-hydrogen) atoms. The van der Waals surface area contributed by atoms with Crippen molar-refractivity contribution in [1.82, 2.24) is 0 Å². The van der Waals surface area contributed by atoms with Crippen LogP contribution in [0.1, 0.15) is 24.5 Å². The molecule has 0 bridgehead atoms. The molecular formula is C15H16O4. The number of benzene rings is 1. The van der Waals surface area contributed by atoms with Gasteiger partial charge in [0.05, 0.1) is 7.11 Å². The second kappa shape index (κ2) is 4.88. The van der Waals surface area contributed by atoms with E-state index in [0.717, 1.165) is 5.56 Å². The quantitative estimate of drug-likeness (QED) is 0.362. The van der Waals surface area contributed by atoms with Crippen LogP contribution in [0.15, 0.2) is 30.4 Å². The van der Waals surface area contributed by atoms with Crippen molar-refractivity contribution in [3.63, 3.8) is 0 Å². The van der Waals surface area contributed by atoms with E-state index in [9.17, 15) is 9.59 Å². The minimum Gasteiger partial charge on any atom is -0.468 e. The fourth-order valence-corrected chi connectivity index (χ4v) is 2.35. The summed E-state index contributed by atoms with van der Waals surface area (Å²) in [4.78, 5) is 24.4. The van der Waals surface area contributed by atoms with Crippen molar-refractivity contribution in [2.24, 2.45) is 0 Å². The minimum absolute atomic E-state index is 0.242. The van der Waals surface area contributed by atoms with Gasteiger partial charge in [0, 0.05) is 5.56 Å². The lowest BCUT2D eigenvalue weighted by Gasteiger charge is -2.21. The average molecular weight is 260 g/mol. The molecule has 1 unspecified atom stereocenters. The van der Waals surface area contributed by atoms with Crippen molar-refractivity contribution >= 4 is 11.9 Å². The number of hydrogen-bond acceptors (Lipinski definition) is 4. The molecule has 1 aliphatic heterocycles. The summed E-state index contributed by atoms with van der Waals surface area (Å²) in [6, 6.07) is 5.40. The van der Waals surface area contributed by atoms with Crippen molar-refractivity contribution < 1.29 is 19.1 Å². The van der Waals surface area contributed by atoms with Crippen LogP contribution in [-0.4, -0.2) is 19.0 Å². The maximum absolute atomic E-state index is 12.3. The first-order chi connectivity index (χ1) is 9.07. The fraction of sp³-hybridized carbons (Fsp3) is 0.333. The maximum Gasteiger partial charge on any atom is 0.333 e. The molecule has 0 N–H and O–H groups in total. The highest BCUT2D eigenvalue weighted by molar-refractivity contribution is 6.10. The summed E-state index contributed by atoms with van der Waals surface area (Å²) in [6.45, 7) is 3.68. The number of ether oxygens (including phenoxy) is 2. The van der Waals surface area contributed by atoms with E-state index in [1.165, 1.54) is 7.11 Å². The normalized spacial score (nSPS) is 21.3. The summed E-state index contributed by atoms with van der Waals surface area (Å²) in [5, 5.41) is 0. The van der Waals surface area contributed by atoms with Crippen LogP contribution in [-0.2, 0) is 19.7 Å². The summed E-state index contributed by atoms with van der Waals surface area (Å²) < 4.78 is 10.1. The number of aryl methyl sites for hydroxylation is 1. The van der Waals surface area contributed by atoms with Gasteiger partial charge in [0.25, 0.3) is 0 Å². The molecular weight excluding hydrogens is 244 g/mol. The fourth-order valence-electron chi connectivity index (χ4n) is 2.35. The monoisotopic (exact) mass is 260 g/mol. The Morgan fingerprint density at radius 1 is 1.47 bits per heavy atom. The summed E-state index contributed by atoms with van der Waals surface area (Å²) in [6.07, 6.45) is 3.81. The Bertz CT molecular complexity index is 559. The third-order valence-corrected chi connectivity index (χ3v) is 3.41. The molecule has 0 amide bonds. The molecule has 0 spiro atoms. The number of fused-ring (bicyclic) bond motifs is 1. The van der Waals surface area contributed by atoms with Crippen LogP contribution in [0.5, 0.6) is 5.75 Å². The van der Waals surface area contributed by atoms with Gasteiger partial charge in [0.1, 0.15) is 5.75 Å². The van der Waals surface area contributed by atoms with Crippen molar-refractivity contribution in [2.75, 3.05) is 7.11 Å². The molecule has 0 radical (unpaired) electrons. The molecule has 1 atom stereocenters. The Labute approximate surface area is 112 Å². The first-order valence-electron chi connectivity index (χ1n) is 6.10. The highest BCUT2D eigenvalue weighted by atomic mass is 16.6. The van der Waals surface area contributed by atoms with Gasteiger partial charge in [-0.3, -0.25) is 9.59 Å². The summed E-state index contributed by atoms with van der Waals surface area (Å²) >= 11 is 0. The lowest BCUT2D eigenvalue weighted by Crippen LogP contribution is -2.42. The second-order valence-electron chi connectivity index (χ2n) is 4.51. The number of hydrogen-bond donors (Lipinski definition) is 0. The van der Waals surface area contributed by atoms with Gasteiger partial charge in [-0.25, -0.2) is 0 Å². The van der Waals surface area contributed by atoms with Gasteiger partial charge in [-0.2, -0.15) is 0 Å². The van der Waals surface area contributed by atoms with Crippen LogP contribution in [0.4, 0.5) is 0 Å². The molecule has 1 aliphatic rings. The van der Waals surface area contributed by atoms with E-state index in [2.05, 4.69) is 0 Å². The zero-order valence-electron chi connectivity index (χ0n) is 11.2. The number of methoxy groups -OCH3 is 1. The summed E-state index contributed by atoms with van der Waals surface area (Å²) in [5.74, 6) is -0.677. The largest absolute Gasteiger partial charge is 0.468 e. The predicted molar refractivity (Wildman–Crippen MR) is 69.9 cm³/mol. The zero-order valence-corrected chi connectivity index (χ0v) is 11.2. The molecule has 4 heteroatoms. The number of para-hydroxylation sites is 1. The first-order valence-corrected chi connectivity index (χ1v) is 6.10. The van der Waals surface area contributed by atoms with Crippen LogP contribution >= 0.6 is 0 Å². The SMILES string of the molecule is C/C=C\CC1(C(=O)OC)C(=O)Oc2c(C)cccc21.